The zero-order chi connectivity index (χ0) is 18.2. The molecule has 2 amide bonds. The van der Waals surface area contributed by atoms with Crippen LogP contribution in [0.25, 0.3) is 0 Å². The van der Waals surface area contributed by atoms with E-state index in [2.05, 4.69) is 4.98 Å². The first-order valence-electron chi connectivity index (χ1n) is 7.36. The summed E-state index contributed by atoms with van der Waals surface area (Å²) in [6, 6.07) is 7.97. The van der Waals surface area contributed by atoms with Crippen molar-refractivity contribution in [1.82, 2.24) is 9.88 Å². The molecule has 0 unspecified atom stereocenters. The first kappa shape index (κ1) is 17.3. The van der Waals surface area contributed by atoms with Gasteiger partial charge in [-0.2, -0.15) is 0 Å². The minimum absolute atomic E-state index is 0.0245. The van der Waals surface area contributed by atoms with Crippen molar-refractivity contribution in [3.8, 4) is 5.88 Å². The number of halogens is 3. The second kappa shape index (κ2) is 6.40. The number of fused-ring (bicyclic) bond motifs is 1. The Labute approximate surface area is 147 Å². The van der Waals surface area contributed by atoms with Gasteiger partial charge in [-0.25, -0.2) is 13.8 Å². The number of ether oxygens (including phenoxy) is 1. The maximum atomic E-state index is 12.8. The van der Waals surface area contributed by atoms with Crippen LogP contribution in [0, 0.1) is 0 Å². The van der Waals surface area contributed by atoms with Crippen LogP contribution in [0.15, 0.2) is 36.5 Å². The van der Waals surface area contributed by atoms with Gasteiger partial charge in [0.1, 0.15) is 5.02 Å². The molecule has 0 saturated carbocycles. The molecule has 130 valence electrons. The second-order valence-electron chi connectivity index (χ2n) is 5.73. The minimum atomic E-state index is -3.01. The lowest BCUT2D eigenvalue weighted by atomic mass is 10.1. The molecule has 3 rings (SSSR count). The number of carbonyl (C=O) groups is 2. The normalized spacial score (nSPS) is 14.0. The lowest BCUT2D eigenvalue weighted by molar-refractivity contribution is -0.0242. The third kappa shape index (κ3) is 3.61. The molecule has 0 saturated heterocycles. The van der Waals surface area contributed by atoms with Gasteiger partial charge in [0, 0.05) is 13.1 Å². The Balaban J connectivity index is 1.75. The van der Waals surface area contributed by atoms with Gasteiger partial charge in [-0.15, -0.1) is 0 Å². The van der Waals surface area contributed by atoms with Crippen LogP contribution >= 0.6 is 11.6 Å². The molecule has 1 aliphatic rings. The average Bonchev–Trinajstić information content (AvgIpc) is 2.79. The second-order valence-corrected chi connectivity index (χ2v) is 6.14. The third-order valence-electron chi connectivity index (χ3n) is 3.55. The SMILES string of the molecule is CC(F)(F)COc1ncc(CN2C(=O)c3ccccc3C2=O)cc1Cl. The van der Waals surface area contributed by atoms with Gasteiger partial charge in [0.25, 0.3) is 17.7 Å². The van der Waals surface area contributed by atoms with E-state index in [0.717, 1.165) is 11.8 Å². The molecule has 25 heavy (non-hydrogen) atoms. The van der Waals surface area contributed by atoms with Gasteiger partial charge < -0.3 is 4.74 Å². The van der Waals surface area contributed by atoms with Crippen LogP contribution in [0.3, 0.4) is 0 Å². The summed E-state index contributed by atoms with van der Waals surface area (Å²) in [7, 11) is 0. The molecule has 2 heterocycles. The standard InChI is InChI=1S/C17H13ClF2N2O3/c1-17(19,20)9-25-14-13(18)6-10(7-21-14)8-22-15(23)11-4-2-3-5-12(11)16(22)24/h2-7H,8-9H2,1H3. The predicted molar refractivity (Wildman–Crippen MR) is 86.0 cm³/mol. The molecular weight excluding hydrogens is 354 g/mol. The molecule has 1 aliphatic heterocycles. The van der Waals surface area contributed by atoms with E-state index in [4.69, 9.17) is 16.3 Å². The maximum absolute atomic E-state index is 12.8. The summed E-state index contributed by atoms with van der Waals surface area (Å²) in [5, 5.41) is 0.0263. The number of aromatic nitrogens is 1. The predicted octanol–water partition coefficient (Wildman–Crippen LogP) is 3.57. The zero-order valence-corrected chi connectivity index (χ0v) is 13.9. The molecule has 0 fully saturated rings. The van der Waals surface area contributed by atoms with Gasteiger partial charge >= 0.3 is 0 Å². The number of benzene rings is 1. The number of pyridine rings is 1. The number of alkyl halides is 2. The number of rotatable bonds is 5. The fraction of sp³-hybridized carbons (Fsp3) is 0.235. The van der Waals surface area contributed by atoms with E-state index in [-0.39, 0.29) is 17.4 Å². The molecule has 2 aromatic rings. The molecule has 1 aromatic heterocycles. The Kier molecular flexibility index (Phi) is 4.43. The van der Waals surface area contributed by atoms with Crippen LogP contribution in [0.5, 0.6) is 5.88 Å². The Bertz CT molecular complexity index is 817. The van der Waals surface area contributed by atoms with Crippen LogP contribution in [0.1, 0.15) is 33.2 Å². The highest BCUT2D eigenvalue weighted by Gasteiger charge is 2.35. The summed E-state index contributed by atoms with van der Waals surface area (Å²) in [6.07, 6.45) is 1.33. The Morgan fingerprint density at radius 1 is 1.20 bits per heavy atom. The van der Waals surface area contributed by atoms with Crippen molar-refractivity contribution in [2.24, 2.45) is 0 Å². The molecule has 1 aromatic carbocycles. The molecule has 0 atom stereocenters. The fourth-order valence-corrected chi connectivity index (χ4v) is 2.66. The van der Waals surface area contributed by atoms with Crippen LogP contribution in [-0.4, -0.2) is 34.2 Å². The highest BCUT2D eigenvalue weighted by Crippen LogP contribution is 2.27. The smallest absolute Gasteiger partial charge is 0.278 e. The van der Waals surface area contributed by atoms with Gasteiger partial charge in [0.05, 0.1) is 17.7 Å². The lowest BCUT2D eigenvalue weighted by Crippen LogP contribution is -2.29. The quantitative estimate of drug-likeness (QED) is 0.759. The maximum Gasteiger partial charge on any atom is 0.278 e. The molecular formula is C17H13ClF2N2O3. The first-order chi connectivity index (χ1) is 11.8. The Morgan fingerprint density at radius 3 is 2.32 bits per heavy atom. The summed E-state index contributed by atoms with van der Waals surface area (Å²) in [6.45, 7) is -0.154. The van der Waals surface area contributed by atoms with Crippen LogP contribution in [0.2, 0.25) is 5.02 Å². The number of nitrogens with zero attached hydrogens (tertiary/aromatic N) is 2. The van der Waals surface area contributed by atoms with E-state index in [0.29, 0.717) is 16.7 Å². The third-order valence-corrected chi connectivity index (χ3v) is 3.82. The minimum Gasteiger partial charge on any atom is -0.470 e. The number of amides is 2. The first-order valence-corrected chi connectivity index (χ1v) is 7.74. The van der Waals surface area contributed by atoms with Crippen LogP contribution in [0.4, 0.5) is 8.78 Å². The van der Waals surface area contributed by atoms with Crippen molar-refractivity contribution >= 4 is 23.4 Å². The average molecular weight is 367 g/mol. The highest BCUT2D eigenvalue weighted by atomic mass is 35.5. The van der Waals surface area contributed by atoms with Gasteiger partial charge in [-0.1, -0.05) is 23.7 Å². The summed E-state index contributed by atoms with van der Waals surface area (Å²) in [4.78, 5) is 29.6. The van der Waals surface area contributed by atoms with E-state index >= 15 is 0 Å². The molecule has 5 nitrogen and oxygen atoms in total. The van der Waals surface area contributed by atoms with Crippen molar-refractivity contribution < 1.29 is 23.1 Å². The van der Waals surface area contributed by atoms with Gasteiger partial charge in [0.2, 0.25) is 5.88 Å². The van der Waals surface area contributed by atoms with E-state index < -0.39 is 24.3 Å². The summed E-state index contributed by atoms with van der Waals surface area (Å²) < 4.78 is 30.5. The van der Waals surface area contributed by atoms with Gasteiger partial charge in [-0.3, -0.25) is 14.5 Å². The summed E-state index contributed by atoms with van der Waals surface area (Å²) in [5.74, 6) is -3.94. The van der Waals surface area contributed by atoms with Crippen molar-refractivity contribution in [3.05, 3.63) is 58.2 Å². The molecule has 0 N–H and O–H groups in total. The van der Waals surface area contributed by atoms with E-state index in [1.54, 1.807) is 24.3 Å². The number of hydrogen-bond donors (Lipinski definition) is 0. The molecule has 8 heteroatoms. The Hall–Kier alpha value is -2.54. The molecule has 0 bridgehead atoms. The Morgan fingerprint density at radius 2 is 1.80 bits per heavy atom. The van der Waals surface area contributed by atoms with Crippen molar-refractivity contribution in [1.29, 1.82) is 0 Å². The molecule has 0 spiro atoms. The number of imide groups is 1. The van der Waals surface area contributed by atoms with Crippen molar-refractivity contribution in [2.75, 3.05) is 6.61 Å². The fourth-order valence-electron chi connectivity index (χ4n) is 2.42. The van der Waals surface area contributed by atoms with E-state index in [1.807, 2.05) is 0 Å². The number of carbonyl (C=O) groups excluding carboxylic acids is 2. The lowest BCUT2D eigenvalue weighted by Gasteiger charge is -2.15. The van der Waals surface area contributed by atoms with Crippen LogP contribution < -0.4 is 4.74 Å². The van der Waals surface area contributed by atoms with E-state index in [1.165, 1.54) is 12.3 Å². The molecule has 0 radical (unpaired) electrons. The topological polar surface area (TPSA) is 59.5 Å². The number of hydrogen-bond acceptors (Lipinski definition) is 4. The summed E-state index contributed by atoms with van der Waals surface area (Å²) in [5.41, 5.74) is 1.17. The largest absolute Gasteiger partial charge is 0.470 e. The van der Waals surface area contributed by atoms with Crippen molar-refractivity contribution in [3.63, 3.8) is 0 Å². The van der Waals surface area contributed by atoms with E-state index in [9.17, 15) is 18.4 Å². The van der Waals surface area contributed by atoms with Crippen LogP contribution in [-0.2, 0) is 6.54 Å². The zero-order valence-electron chi connectivity index (χ0n) is 13.1. The summed E-state index contributed by atoms with van der Waals surface area (Å²) >= 11 is 5.98. The molecule has 0 aliphatic carbocycles. The monoisotopic (exact) mass is 366 g/mol. The van der Waals surface area contributed by atoms with Gasteiger partial charge in [0.15, 0.2) is 6.61 Å². The van der Waals surface area contributed by atoms with Crippen molar-refractivity contribution in [2.45, 2.75) is 19.4 Å². The highest BCUT2D eigenvalue weighted by molar-refractivity contribution is 6.31. The van der Waals surface area contributed by atoms with Gasteiger partial charge in [-0.05, 0) is 23.8 Å².